The van der Waals surface area contributed by atoms with Crippen molar-refractivity contribution >= 4 is 6.16 Å². The van der Waals surface area contributed by atoms with Crippen LogP contribution in [0.2, 0.25) is 0 Å². The monoisotopic (exact) mass is 278 g/mol. The van der Waals surface area contributed by atoms with Crippen molar-refractivity contribution in [2.24, 2.45) is 0 Å². The minimum absolute atomic E-state index is 0.993. The lowest BCUT2D eigenvalue weighted by atomic mass is 10.4. The van der Waals surface area contributed by atoms with Crippen molar-refractivity contribution in [3.05, 3.63) is 24.7 Å². The summed E-state index contributed by atoms with van der Waals surface area (Å²) in [7, 11) is 0. The van der Waals surface area contributed by atoms with Crippen LogP contribution in [0.25, 0.3) is 0 Å². The normalized spacial score (nSPS) is 11.9. The van der Waals surface area contributed by atoms with Gasteiger partial charge in [-0.1, -0.05) is 13.2 Å². The van der Waals surface area contributed by atoms with Crippen molar-refractivity contribution in [1.29, 1.82) is 0 Å². The fraction of sp³-hybridized carbons (Fsp3) is 0.444. The summed E-state index contributed by atoms with van der Waals surface area (Å²) in [6, 6.07) is 0. The summed E-state index contributed by atoms with van der Waals surface area (Å²) in [5, 5.41) is 0. The summed E-state index contributed by atoms with van der Waals surface area (Å²) in [5.41, 5.74) is 0. The zero-order chi connectivity index (χ0) is 14.6. The molecule has 0 saturated heterocycles. The molecule has 0 amide bonds. The smallest absolute Gasteiger partial charge is 0.400 e. The Morgan fingerprint density at radius 1 is 0.833 bits per heavy atom. The molecule has 0 aromatic heterocycles. The Kier molecular flexibility index (Phi) is 5.25. The number of rotatable bonds is 4. The number of ether oxygens (including phenoxy) is 2. The van der Waals surface area contributed by atoms with Crippen molar-refractivity contribution in [3.63, 3.8) is 0 Å². The Hall–Kier alpha value is -1.67. The van der Waals surface area contributed by atoms with Crippen molar-refractivity contribution in [3.8, 4) is 0 Å². The number of carbonyl (C=O) groups is 1. The molecule has 9 heteroatoms. The molecule has 104 valence electrons. The van der Waals surface area contributed by atoms with Gasteiger partial charge in [-0.05, 0) is 0 Å². The molecule has 0 N–H and O–H groups in total. The van der Waals surface area contributed by atoms with Crippen LogP contribution in [0.5, 0.6) is 0 Å². The molecule has 0 aliphatic heterocycles. The van der Waals surface area contributed by atoms with E-state index in [4.69, 9.17) is 0 Å². The number of carbonyl (C=O) groups excluding carboxylic acids is 1. The van der Waals surface area contributed by atoms with E-state index in [0.717, 1.165) is 0 Å². The van der Waals surface area contributed by atoms with E-state index in [0.29, 0.717) is 0 Å². The molecule has 0 fully saturated rings. The van der Waals surface area contributed by atoms with Gasteiger partial charge >= 0.3 is 18.5 Å². The summed E-state index contributed by atoms with van der Waals surface area (Å²) in [5.74, 6) is -1.99. The minimum atomic E-state index is -4.65. The van der Waals surface area contributed by atoms with Gasteiger partial charge in [0, 0.05) is 0 Å². The topological polar surface area (TPSA) is 35.5 Å². The Morgan fingerprint density at radius 2 is 1.11 bits per heavy atom. The molecule has 0 spiro atoms. The van der Waals surface area contributed by atoms with Gasteiger partial charge in [0.15, 0.2) is 0 Å². The Bertz CT molecular complexity index is 309. The summed E-state index contributed by atoms with van der Waals surface area (Å²) < 4.78 is 78.5. The van der Waals surface area contributed by atoms with Crippen molar-refractivity contribution in [1.82, 2.24) is 0 Å². The number of allylic oxidation sites excluding steroid dienone is 2. The standard InChI is InChI=1S/C9H8F6O3/c1-5(3-8(10,11)12)17-7(16)18-6(2)4-9(13,14)15/h1-4H2. The largest absolute Gasteiger partial charge is 0.518 e. The molecule has 0 aromatic carbocycles. The van der Waals surface area contributed by atoms with Crippen molar-refractivity contribution in [2.75, 3.05) is 0 Å². The zero-order valence-corrected chi connectivity index (χ0v) is 8.82. The van der Waals surface area contributed by atoms with Gasteiger partial charge < -0.3 is 9.47 Å². The third-order valence-corrected chi connectivity index (χ3v) is 1.25. The summed E-state index contributed by atoms with van der Waals surface area (Å²) in [6.45, 7) is 5.53. The van der Waals surface area contributed by atoms with Gasteiger partial charge in [-0.15, -0.1) is 0 Å². The third kappa shape index (κ3) is 9.55. The van der Waals surface area contributed by atoms with Crippen LogP contribution in [-0.4, -0.2) is 18.5 Å². The lowest BCUT2D eigenvalue weighted by Gasteiger charge is -2.11. The molecule has 0 saturated carbocycles. The van der Waals surface area contributed by atoms with Gasteiger partial charge in [-0.3, -0.25) is 0 Å². The number of alkyl halides is 6. The molecular weight excluding hydrogens is 270 g/mol. The lowest BCUT2D eigenvalue weighted by Crippen LogP contribution is -2.15. The van der Waals surface area contributed by atoms with Crippen molar-refractivity contribution in [2.45, 2.75) is 25.2 Å². The first-order valence-corrected chi connectivity index (χ1v) is 4.28. The molecule has 0 atom stereocenters. The average molecular weight is 278 g/mol. The molecule has 18 heavy (non-hydrogen) atoms. The highest BCUT2D eigenvalue weighted by atomic mass is 19.4. The first-order valence-electron chi connectivity index (χ1n) is 4.28. The van der Waals surface area contributed by atoms with Gasteiger partial charge in [-0.2, -0.15) is 26.3 Å². The van der Waals surface area contributed by atoms with Crippen LogP contribution >= 0.6 is 0 Å². The molecule has 0 unspecified atom stereocenters. The second kappa shape index (κ2) is 5.78. The van der Waals surface area contributed by atoms with E-state index in [2.05, 4.69) is 22.6 Å². The van der Waals surface area contributed by atoms with Gasteiger partial charge in [0.05, 0.1) is 0 Å². The highest BCUT2D eigenvalue weighted by molar-refractivity contribution is 5.62. The van der Waals surface area contributed by atoms with E-state index >= 15 is 0 Å². The fourth-order valence-electron chi connectivity index (χ4n) is 0.776. The van der Waals surface area contributed by atoms with E-state index in [1.165, 1.54) is 0 Å². The SMILES string of the molecule is C=C(CC(F)(F)F)OC(=O)OC(=C)CC(F)(F)F. The predicted octanol–water partition coefficient (Wildman–Crippen LogP) is 4.07. The molecule has 0 heterocycles. The third-order valence-electron chi connectivity index (χ3n) is 1.25. The van der Waals surface area contributed by atoms with Gasteiger partial charge in [0.25, 0.3) is 0 Å². The summed E-state index contributed by atoms with van der Waals surface area (Å²) >= 11 is 0. The highest BCUT2D eigenvalue weighted by Crippen LogP contribution is 2.26. The van der Waals surface area contributed by atoms with Crippen LogP contribution < -0.4 is 0 Å². The minimum Gasteiger partial charge on any atom is -0.400 e. The van der Waals surface area contributed by atoms with E-state index in [1.54, 1.807) is 0 Å². The molecule has 0 radical (unpaired) electrons. The van der Waals surface area contributed by atoms with Gasteiger partial charge in [0.1, 0.15) is 24.4 Å². The summed E-state index contributed by atoms with van der Waals surface area (Å²) in [4.78, 5) is 10.7. The predicted molar refractivity (Wildman–Crippen MR) is 47.2 cm³/mol. The maximum Gasteiger partial charge on any atom is 0.518 e. The van der Waals surface area contributed by atoms with Crippen LogP contribution in [0.1, 0.15) is 12.8 Å². The Morgan fingerprint density at radius 3 is 1.33 bits per heavy atom. The quantitative estimate of drug-likeness (QED) is 0.441. The van der Waals surface area contributed by atoms with Crippen LogP contribution in [-0.2, 0) is 9.47 Å². The average Bonchev–Trinajstić information content (AvgIpc) is 1.92. The van der Waals surface area contributed by atoms with Crippen molar-refractivity contribution < 1.29 is 40.6 Å². The van der Waals surface area contributed by atoms with Crippen LogP contribution in [0.15, 0.2) is 24.7 Å². The fourth-order valence-corrected chi connectivity index (χ4v) is 0.776. The molecule has 0 aliphatic carbocycles. The Labute approximate surface area is 97.7 Å². The highest BCUT2D eigenvalue weighted by Gasteiger charge is 2.32. The first kappa shape index (κ1) is 16.3. The maximum atomic E-state index is 11.8. The van der Waals surface area contributed by atoms with Crippen LogP contribution in [0.4, 0.5) is 31.1 Å². The second-order valence-electron chi connectivity index (χ2n) is 3.12. The van der Waals surface area contributed by atoms with E-state index in [1.807, 2.05) is 0 Å². The van der Waals surface area contributed by atoms with Gasteiger partial charge in [0.2, 0.25) is 0 Å². The summed E-state index contributed by atoms with van der Waals surface area (Å²) in [6.07, 6.45) is -14.3. The van der Waals surface area contributed by atoms with E-state index in [9.17, 15) is 31.1 Å². The molecule has 0 rings (SSSR count). The number of halogens is 6. The van der Waals surface area contributed by atoms with E-state index in [-0.39, 0.29) is 0 Å². The number of hydrogen-bond acceptors (Lipinski definition) is 3. The number of hydrogen-bond donors (Lipinski definition) is 0. The maximum absolute atomic E-state index is 11.8. The molecule has 0 aromatic rings. The first-order chi connectivity index (χ1) is 7.89. The molecule has 0 aliphatic rings. The lowest BCUT2D eigenvalue weighted by molar-refractivity contribution is -0.134. The van der Waals surface area contributed by atoms with Crippen LogP contribution in [0.3, 0.4) is 0 Å². The zero-order valence-electron chi connectivity index (χ0n) is 8.82. The molecule has 0 bridgehead atoms. The Balaban J connectivity index is 4.13. The van der Waals surface area contributed by atoms with E-state index < -0.39 is 42.9 Å². The second-order valence-corrected chi connectivity index (χ2v) is 3.12. The van der Waals surface area contributed by atoms with Gasteiger partial charge in [-0.25, -0.2) is 4.79 Å². The molecular formula is C9H8F6O3. The molecule has 3 nitrogen and oxygen atoms in total. The van der Waals surface area contributed by atoms with Crippen LogP contribution in [0, 0.1) is 0 Å².